The van der Waals surface area contributed by atoms with Crippen molar-refractivity contribution in [2.24, 2.45) is 0 Å². The van der Waals surface area contributed by atoms with Crippen molar-refractivity contribution < 1.29 is 23.4 Å². The van der Waals surface area contributed by atoms with Gasteiger partial charge in [0.25, 0.3) is 0 Å². The molecular formula is C27H28FNO4. The molecule has 0 aromatic heterocycles. The first-order valence-electron chi connectivity index (χ1n) is 11.0. The summed E-state index contributed by atoms with van der Waals surface area (Å²) in [6, 6.07) is 19.9. The van der Waals surface area contributed by atoms with Gasteiger partial charge in [-0.1, -0.05) is 30.3 Å². The monoisotopic (exact) mass is 449 g/mol. The van der Waals surface area contributed by atoms with Crippen LogP contribution in [0.3, 0.4) is 0 Å². The summed E-state index contributed by atoms with van der Waals surface area (Å²) in [5.74, 6) is 1.34. The van der Waals surface area contributed by atoms with Crippen molar-refractivity contribution >= 4 is 5.91 Å². The second-order valence-electron chi connectivity index (χ2n) is 8.14. The first-order chi connectivity index (χ1) is 16.0. The first-order valence-corrected chi connectivity index (χ1v) is 11.0. The molecule has 1 aliphatic rings. The van der Waals surface area contributed by atoms with E-state index in [0.29, 0.717) is 32.7 Å². The number of carbonyl (C=O) groups is 1. The summed E-state index contributed by atoms with van der Waals surface area (Å²) in [5, 5.41) is 0. The van der Waals surface area contributed by atoms with E-state index in [9.17, 15) is 9.18 Å². The Balaban J connectivity index is 1.42. The molecule has 0 bridgehead atoms. The van der Waals surface area contributed by atoms with Crippen molar-refractivity contribution in [3.05, 3.63) is 94.8 Å². The summed E-state index contributed by atoms with van der Waals surface area (Å²) in [6.07, 6.45) is 0.136. The average Bonchev–Trinajstić information content (AvgIpc) is 3.05. The zero-order chi connectivity index (χ0) is 23.2. The lowest BCUT2D eigenvalue weighted by Crippen LogP contribution is -2.33. The third-order valence-electron chi connectivity index (χ3n) is 5.79. The predicted molar refractivity (Wildman–Crippen MR) is 124 cm³/mol. The predicted octanol–water partition coefficient (Wildman–Crippen LogP) is 5.08. The molecule has 3 aromatic rings. The molecule has 172 valence electrons. The first kappa shape index (κ1) is 22.8. The quantitative estimate of drug-likeness (QED) is 0.505. The van der Waals surface area contributed by atoms with Crippen LogP contribution in [-0.4, -0.2) is 31.1 Å². The van der Waals surface area contributed by atoms with Crippen LogP contribution in [0.5, 0.6) is 11.5 Å². The van der Waals surface area contributed by atoms with E-state index in [1.54, 1.807) is 13.2 Å². The third kappa shape index (κ3) is 5.90. The van der Waals surface area contributed by atoms with Crippen LogP contribution in [0.15, 0.2) is 66.7 Å². The molecule has 0 saturated carbocycles. The second-order valence-corrected chi connectivity index (χ2v) is 8.14. The van der Waals surface area contributed by atoms with E-state index < -0.39 is 0 Å². The molecule has 0 spiro atoms. The van der Waals surface area contributed by atoms with Crippen molar-refractivity contribution in [2.45, 2.75) is 32.6 Å². The maximum Gasteiger partial charge on any atom is 0.227 e. The van der Waals surface area contributed by atoms with Gasteiger partial charge < -0.3 is 19.1 Å². The van der Waals surface area contributed by atoms with E-state index in [4.69, 9.17) is 14.2 Å². The molecule has 0 radical (unpaired) electrons. The number of hydrogen-bond donors (Lipinski definition) is 0. The molecule has 33 heavy (non-hydrogen) atoms. The van der Waals surface area contributed by atoms with Crippen LogP contribution in [0.25, 0.3) is 0 Å². The molecule has 0 aliphatic carbocycles. The molecule has 1 heterocycles. The minimum absolute atomic E-state index is 0.0532. The number of halogens is 1. The topological polar surface area (TPSA) is 48.0 Å². The van der Waals surface area contributed by atoms with Gasteiger partial charge >= 0.3 is 0 Å². The second kappa shape index (κ2) is 10.5. The third-order valence-corrected chi connectivity index (χ3v) is 5.79. The highest BCUT2D eigenvalue weighted by atomic mass is 19.1. The average molecular weight is 450 g/mol. The largest absolute Gasteiger partial charge is 0.497 e. The van der Waals surface area contributed by atoms with Gasteiger partial charge in [0.1, 0.15) is 23.9 Å². The van der Waals surface area contributed by atoms with Crippen LogP contribution in [0.1, 0.15) is 35.3 Å². The number of hydrogen-bond acceptors (Lipinski definition) is 4. The van der Waals surface area contributed by atoms with Gasteiger partial charge in [-0.3, -0.25) is 4.79 Å². The molecule has 0 N–H and O–H groups in total. The number of methoxy groups -OCH3 is 1. The van der Waals surface area contributed by atoms with Crippen LogP contribution in [0.4, 0.5) is 4.39 Å². The van der Waals surface area contributed by atoms with E-state index in [-0.39, 0.29) is 17.8 Å². The molecule has 1 amide bonds. The number of ether oxygens (including phenoxy) is 3. The van der Waals surface area contributed by atoms with E-state index in [1.807, 2.05) is 60.4 Å². The summed E-state index contributed by atoms with van der Waals surface area (Å²) in [7, 11) is 1.62. The van der Waals surface area contributed by atoms with Crippen LogP contribution in [-0.2, 0) is 29.1 Å². The Morgan fingerprint density at radius 1 is 1.09 bits per heavy atom. The molecule has 6 heteroatoms. The number of carbonyl (C=O) groups excluding carboxylic acids is 1. The molecule has 3 aromatic carbocycles. The lowest BCUT2D eigenvalue weighted by atomic mass is 10.0. The Kier molecular flexibility index (Phi) is 7.25. The van der Waals surface area contributed by atoms with Gasteiger partial charge in [-0.15, -0.1) is 0 Å². The maximum absolute atomic E-state index is 13.4. The fourth-order valence-electron chi connectivity index (χ4n) is 3.85. The molecule has 0 saturated heterocycles. The molecular weight excluding hydrogens is 421 g/mol. The highest BCUT2D eigenvalue weighted by molar-refractivity contribution is 5.79. The van der Waals surface area contributed by atoms with Gasteiger partial charge in [-0.2, -0.15) is 0 Å². The molecule has 1 aliphatic heterocycles. The maximum atomic E-state index is 13.4. The summed E-state index contributed by atoms with van der Waals surface area (Å²) < 4.78 is 30.5. The van der Waals surface area contributed by atoms with Crippen LogP contribution in [0, 0.1) is 5.82 Å². The van der Waals surface area contributed by atoms with Gasteiger partial charge in [0.2, 0.25) is 5.91 Å². The summed E-state index contributed by atoms with van der Waals surface area (Å²) in [4.78, 5) is 14.8. The normalized spacial score (nSPS) is 14.1. The Hall–Kier alpha value is -3.38. The van der Waals surface area contributed by atoms with Crippen molar-refractivity contribution in [1.29, 1.82) is 0 Å². The van der Waals surface area contributed by atoms with E-state index in [0.717, 1.165) is 33.8 Å². The summed E-state index contributed by atoms with van der Waals surface area (Å²) in [5.41, 5.74) is 3.67. The minimum atomic E-state index is -0.273. The Bertz CT molecular complexity index is 1100. The fourth-order valence-corrected chi connectivity index (χ4v) is 3.85. The number of nitrogens with zero attached hydrogens (tertiary/aromatic N) is 1. The van der Waals surface area contributed by atoms with Crippen LogP contribution >= 0.6 is 0 Å². The molecule has 1 atom stereocenters. The summed E-state index contributed by atoms with van der Waals surface area (Å²) in [6.45, 7) is 3.75. The minimum Gasteiger partial charge on any atom is -0.497 e. The molecule has 0 fully saturated rings. The van der Waals surface area contributed by atoms with Gasteiger partial charge in [0.15, 0.2) is 0 Å². The zero-order valence-corrected chi connectivity index (χ0v) is 18.9. The Morgan fingerprint density at radius 3 is 2.67 bits per heavy atom. The van der Waals surface area contributed by atoms with E-state index in [2.05, 4.69) is 0 Å². The number of amides is 1. The summed E-state index contributed by atoms with van der Waals surface area (Å²) >= 11 is 0. The van der Waals surface area contributed by atoms with Gasteiger partial charge in [-0.05, 0) is 60.0 Å². The highest BCUT2D eigenvalue weighted by Gasteiger charge is 2.21. The van der Waals surface area contributed by atoms with Gasteiger partial charge in [0, 0.05) is 12.1 Å². The van der Waals surface area contributed by atoms with Crippen LogP contribution in [0.2, 0.25) is 0 Å². The van der Waals surface area contributed by atoms with E-state index >= 15 is 0 Å². The van der Waals surface area contributed by atoms with Crippen molar-refractivity contribution in [2.75, 3.05) is 20.3 Å². The number of fused-ring (bicyclic) bond motifs is 1. The number of benzene rings is 3. The van der Waals surface area contributed by atoms with Crippen molar-refractivity contribution in [3.63, 3.8) is 0 Å². The van der Waals surface area contributed by atoms with Crippen molar-refractivity contribution in [1.82, 2.24) is 4.90 Å². The van der Waals surface area contributed by atoms with Crippen LogP contribution < -0.4 is 9.47 Å². The van der Waals surface area contributed by atoms with Gasteiger partial charge in [0.05, 0.1) is 32.8 Å². The van der Waals surface area contributed by atoms with Crippen molar-refractivity contribution in [3.8, 4) is 11.5 Å². The number of rotatable bonds is 7. The Morgan fingerprint density at radius 2 is 1.91 bits per heavy atom. The standard InChI is InChI=1S/C27H28FNO4/c1-19(33-18-21-4-3-5-24(28)14-21)22-8-11-26-23(16-22)17-29(12-13-32-26)27(30)15-20-6-9-25(31-2)10-7-20/h3-11,14,16,19H,12-13,15,17-18H2,1-2H3/t19-/m0/s1. The zero-order valence-electron chi connectivity index (χ0n) is 18.9. The molecule has 4 rings (SSSR count). The molecule has 0 unspecified atom stereocenters. The fraction of sp³-hybridized carbons (Fsp3) is 0.296. The lowest BCUT2D eigenvalue weighted by molar-refractivity contribution is -0.131. The molecule has 5 nitrogen and oxygen atoms in total. The lowest BCUT2D eigenvalue weighted by Gasteiger charge is -2.21. The highest BCUT2D eigenvalue weighted by Crippen LogP contribution is 2.29. The SMILES string of the molecule is COc1ccc(CC(=O)N2CCOc3ccc([C@H](C)OCc4cccc(F)c4)cc3C2)cc1. The van der Waals surface area contributed by atoms with Gasteiger partial charge in [-0.25, -0.2) is 4.39 Å². The smallest absolute Gasteiger partial charge is 0.227 e. The Labute approximate surface area is 193 Å². The van der Waals surface area contributed by atoms with E-state index in [1.165, 1.54) is 12.1 Å².